The number of hydrogen-bond acceptors (Lipinski definition) is 0. The minimum atomic E-state index is -1.04. The monoisotopic (exact) mass is 439 g/mol. The van der Waals surface area contributed by atoms with Gasteiger partial charge in [0.15, 0.2) is 0 Å². The number of rotatable bonds is 8. The molecule has 3 aliphatic carbocycles. The molecule has 0 saturated heterocycles. The van der Waals surface area contributed by atoms with Crippen LogP contribution in [0.2, 0.25) is 13.7 Å². The van der Waals surface area contributed by atoms with Crippen LogP contribution < -0.4 is 0 Å². The Kier molecular flexibility index (Phi) is 6.86. The van der Waals surface area contributed by atoms with Gasteiger partial charge in [-0.15, -0.1) is 0 Å². The molecule has 1 aromatic carbocycles. The molecule has 0 spiro atoms. The van der Waals surface area contributed by atoms with Crippen molar-refractivity contribution in [2.24, 2.45) is 22.7 Å². The van der Waals surface area contributed by atoms with Crippen LogP contribution in [0.15, 0.2) is 42.5 Å². The predicted octanol–water partition coefficient (Wildman–Crippen LogP) is 9.27. The van der Waals surface area contributed by atoms with Crippen molar-refractivity contribution in [3.05, 3.63) is 53.6 Å². The Morgan fingerprint density at radius 3 is 2.33 bits per heavy atom. The van der Waals surface area contributed by atoms with Gasteiger partial charge in [-0.25, -0.2) is 0 Å². The van der Waals surface area contributed by atoms with Gasteiger partial charge < -0.3 is 0 Å². The van der Waals surface area contributed by atoms with E-state index in [2.05, 4.69) is 83.2 Å². The molecule has 0 nitrogen and oxygen atoms in total. The number of hydrogen-bond donors (Lipinski definition) is 0. The Hall–Kier alpha value is -0.586. The summed E-state index contributed by atoms with van der Waals surface area (Å²) < 4.78 is 4.31. The summed E-state index contributed by atoms with van der Waals surface area (Å²) >= 11 is -1.04. The van der Waals surface area contributed by atoms with Crippen molar-refractivity contribution in [1.29, 1.82) is 0 Å². The third-order valence-electron chi connectivity index (χ3n) is 8.88. The van der Waals surface area contributed by atoms with E-state index in [1.165, 1.54) is 44.1 Å². The summed E-state index contributed by atoms with van der Waals surface area (Å²) in [5.74, 6) is 2.30. The van der Waals surface area contributed by atoms with Gasteiger partial charge in [-0.3, -0.25) is 0 Å². The van der Waals surface area contributed by atoms with Crippen LogP contribution in [0.25, 0.3) is 6.08 Å². The van der Waals surface area contributed by atoms with Gasteiger partial charge in [0.05, 0.1) is 0 Å². The second-order valence-corrected chi connectivity index (χ2v) is 15.9. The van der Waals surface area contributed by atoms with Crippen LogP contribution >= 0.6 is 0 Å². The first-order valence-corrected chi connectivity index (χ1v) is 15.9. The average molecular weight is 440 g/mol. The van der Waals surface area contributed by atoms with Gasteiger partial charge in [0, 0.05) is 0 Å². The van der Waals surface area contributed by atoms with E-state index in [4.69, 9.17) is 0 Å². The zero-order chi connectivity index (χ0) is 21.4. The zero-order valence-electron chi connectivity index (χ0n) is 20.1. The van der Waals surface area contributed by atoms with E-state index in [1.807, 2.05) is 0 Å². The van der Waals surface area contributed by atoms with Gasteiger partial charge in [0.2, 0.25) is 0 Å². The quantitative estimate of drug-likeness (QED) is 0.280. The molecule has 0 aromatic heterocycles. The summed E-state index contributed by atoms with van der Waals surface area (Å²) in [6.07, 6.45) is 19.0. The van der Waals surface area contributed by atoms with E-state index < -0.39 is 17.9 Å². The van der Waals surface area contributed by atoms with E-state index in [-0.39, 0.29) is 5.41 Å². The predicted molar refractivity (Wildman–Crippen MR) is 129 cm³/mol. The van der Waals surface area contributed by atoms with Crippen molar-refractivity contribution >= 4 is 6.08 Å². The van der Waals surface area contributed by atoms with Crippen molar-refractivity contribution in [2.75, 3.05) is 0 Å². The first-order chi connectivity index (χ1) is 14.4. The second-order valence-electron chi connectivity index (χ2n) is 11.2. The topological polar surface area (TPSA) is 0 Å². The number of unbranched alkanes of at least 4 members (excludes halogenated alkanes) is 2. The molecule has 0 N–H and O–H groups in total. The average Bonchev–Trinajstić information content (AvgIpc) is 3.38. The molecule has 0 radical (unpaired) electrons. The molecule has 3 aliphatic rings. The first-order valence-electron chi connectivity index (χ1n) is 12.7. The van der Waals surface area contributed by atoms with Gasteiger partial charge in [-0.1, -0.05) is 0 Å². The second kappa shape index (κ2) is 9.11. The third-order valence-corrected chi connectivity index (χ3v) is 14.6. The number of allylic oxidation sites excluding steroid dienone is 3. The molecule has 1 heteroatoms. The molecule has 0 amide bonds. The van der Waals surface area contributed by atoms with Crippen molar-refractivity contribution in [3.63, 3.8) is 0 Å². The fraction of sp³-hybridized carbons (Fsp3) is 0.655. The Morgan fingerprint density at radius 2 is 1.63 bits per heavy atom. The van der Waals surface area contributed by atoms with E-state index in [0.29, 0.717) is 11.3 Å². The van der Waals surface area contributed by atoms with Gasteiger partial charge in [-0.05, 0) is 0 Å². The summed E-state index contributed by atoms with van der Waals surface area (Å²) in [5.41, 5.74) is 3.66. The molecule has 1 fully saturated rings. The summed E-state index contributed by atoms with van der Waals surface area (Å²) in [5, 5.41) is 0. The molecule has 0 aliphatic heterocycles. The zero-order valence-corrected chi connectivity index (χ0v) is 21.6. The Balaban J connectivity index is 1.66. The number of fused-ring (bicyclic) bond motifs is 2. The maximum absolute atomic E-state index is 2.66. The maximum atomic E-state index is 2.66. The van der Waals surface area contributed by atoms with Crippen LogP contribution in [0.4, 0.5) is 0 Å². The summed E-state index contributed by atoms with van der Waals surface area (Å²) in [4.78, 5) is 0. The molecule has 0 heterocycles. The van der Waals surface area contributed by atoms with Crippen LogP contribution in [0.3, 0.4) is 0 Å². The van der Waals surface area contributed by atoms with E-state index in [9.17, 15) is 0 Å². The van der Waals surface area contributed by atoms with Crippen LogP contribution in [-0.2, 0) is 17.9 Å². The van der Waals surface area contributed by atoms with Gasteiger partial charge in [-0.2, -0.15) is 0 Å². The van der Waals surface area contributed by atoms with Crippen molar-refractivity contribution in [1.82, 2.24) is 0 Å². The minimum absolute atomic E-state index is 0.275. The van der Waals surface area contributed by atoms with Crippen LogP contribution in [0.1, 0.15) is 90.2 Å². The Morgan fingerprint density at radius 1 is 0.933 bits per heavy atom. The van der Waals surface area contributed by atoms with E-state index in [0.717, 1.165) is 16.1 Å². The Labute approximate surface area is 192 Å². The summed E-state index contributed by atoms with van der Waals surface area (Å²) in [6.45, 7) is 12.5. The molecular weight excluding hydrogens is 396 g/mol. The van der Waals surface area contributed by atoms with Gasteiger partial charge in [0.25, 0.3) is 0 Å². The summed E-state index contributed by atoms with van der Waals surface area (Å²) in [7, 11) is 0. The van der Waals surface area contributed by atoms with Crippen LogP contribution in [0.5, 0.6) is 0 Å². The molecule has 4 rings (SSSR count). The third kappa shape index (κ3) is 3.97. The Bertz CT molecular complexity index is 779. The molecule has 5 atom stereocenters. The standard InChI is InChI=1S/C21H25.2C4H9.Ti/c1-20(2)13-14-21(3,19-10-6-9-18(19)20)17-12-11-15-7-4-5-8-16(15)17;2*1-3-4-2;/h4-5,7-9,11-14,17-19H,6,10H2,1-3H3;2*1,3-4H2,2H3;. The molecule has 5 unspecified atom stereocenters. The molecule has 0 bridgehead atoms. The molecule has 1 saturated carbocycles. The fourth-order valence-electron chi connectivity index (χ4n) is 7.25. The number of benzene rings is 1. The molecular formula is C29H43Ti. The van der Waals surface area contributed by atoms with Gasteiger partial charge >= 0.3 is 193 Å². The normalized spacial score (nSPS) is 33.5. The van der Waals surface area contributed by atoms with Crippen molar-refractivity contribution < 1.29 is 17.9 Å². The molecule has 1 aromatic rings. The van der Waals surface area contributed by atoms with Crippen molar-refractivity contribution in [2.45, 2.75) is 92.7 Å². The van der Waals surface area contributed by atoms with E-state index in [1.54, 1.807) is 15.0 Å². The molecule has 30 heavy (non-hydrogen) atoms. The van der Waals surface area contributed by atoms with Crippen molar-refractivity contribution in [3.8, 4) is 0 Å². The SMILES string of the molecule is CCC[CH2][Ti]([CH2]CCC)[CH]1CCC2C1C(C)(C)C=CC2(C)C1C=Cc2ccccc21. The summed E-state index contributed by atoms with van der Waals surface area (Å²) in [6, 6.07) is 9.14. The van der Waals surface area contributed by atoms with E-state index >= 15 is 0 Å². The van der Waals surface area contributed by atoms with Crippen LogP contribution in [-0.4, -0.2) is 0 Å². The van der Waals surface area contributed by atoms with Gasteiger partial charge in [0.1, 0.15) is 0 Å². The fourth-order valence-corrected chi connectivity index (χ4v) is 14.0. The van der Waals surface area contributed by atoms with Crippen LogP contribution in [0, 0.1) is 22.7 Å². The molecule has 163 valence electrons. The first kappa shape index (κ1) is 22.6.